The monoisotopic (exact) mass is 321 g/mol. The van der Waals surface area contributed by atoms with Gasteiger partial charge in [0.1, 0.15) is 0 Å². The van der Waals surface area contributed by atoms with Gasteiger partial charge in [0, 0.05) is 16.5 Å². The van der Waals surface area contributed by atoms with Crippen LogP contribution in [0, 0.1) is 11.8 Å². The first-order chi connectivity index (χ1) is 12.3. The summed E-state index contributed by atoms with van der Waals surface area (Å²) in [6.45, 7) is 2.17. The second kappa shape index (κ2) is 6.71. The predicted octanol–water partition coefficient (Wildman–Crippen LogP) is 5.80. The van der Waals surface area contributed by atoms with Crippen LogP contribution in [-0.4, -0.2) is 4.98 Å². The van der Waals surface area contributed by atoms with Gasteiger partial charge in [0.15, 0.2) is 0 Å². The van der Waals surface area contributed by atoms with Gasteiger partial charge in [-0.1, -0.05) is 79.4 Å². The summed E-state index contributed by atoms with van der Waals surface area (Å²) in [6, 6.07) is 27.2. The molecule has 1 heterocycles. The topological polar surface area (TPSA) is 15.8 Å². The Bertz CT molecular complexity index is 1060. The van der Waals surface area contributed by atoms with Gasteiger partial charge in [-0.15, -0.1) is 0 Å². The maximum absolute atomic E-state index is 3.53. The first kappa shape index (κ1) is 15.3. The van der Waals surface area contributed by atoms with E-state index in [1.54, 1.807) is 0 Å². The first-order valence-corrected chi connectivity index (χ1v) is 8.62. The van der Waals surface area contributed by atoms with E-state index in [4.69, 9.17) is 0 Å². The number of fused-ring (bicyclic) bond motifs is 1. The SMILES string of the molecule is CCc1ccc(C#Cc2c(-c3ccccc3)[nH]c3ccccc23)cc1. The van der Waals surface area contributed by atoms with Crippen LogP contribution in [0.5, 0.6) is 0 Å². The Kier molecular flexibility index (Phi) is 4.11. The van der Waals surface area contributed by atoms with Crippen molar-refractivity contribution in [1.29, 1.82) is 0 Å². The highest BCUT2D eigenvalue weighted by molar-refractivity contribution is 5.94. The highest BCUT2D eigenvalue weighted by atomic mass is 14.7. The summed E-state index contributed by atoms with van der Waals surface area (Å²) < 4.78 is 0. The van der Waals surface area contributed by atoms with Crippen molar-refractivity contribution in [2.75, 3.05) is 0 Å². The molecule has 0 saturated carbocycles. The van der Waals surface area contributed by atoms with Gasteiger partial charge in [0.2, 0.25) is 0 Å². The summed E-state index contributed by atoms with van der Waals surface area (Å²) in [6.07, 6.45) is 1.05. The van der Waals surface area contributed by atoms with Gasteiger partial charge in [-0.25, -0.2) is 0 Å². The number of aromatic amines is 1. The average Bonchev–Trinajstić information content (AvgIpc) is 3.06. The van der Waals surface area contributed by atoms with Gasteiger partial charge >= 0.3 is 0 Å². The van der Waals surface area contributed by atoms with E-state index >= 15 is 0 Å². The van der Waals surface area contributed by atoms with E-state index in [-0.39, 0.29) is 0 Å². The normalized spacial score (nSPS) is 10.4. The molecule has 25 heavy (non-hydrogen) atoms. The zero-order valence-corrected chi connectivity index (χ0v) is 14.2. The molecule has 4 rings (SSSR count). The predicted molar refractivity (Wildman–Crippen MR) is 106 cm³/mol. The van der Waals surface area contributed by atoms with Crippen LogP contribution >= 0.6 is 0 Å². The van der Waals surface area contributed by atoms with E-state index in [0.717, 1.165) is 34.3 Å². The summed E-state index contributed by atoms with van der Waals surface area (Å²) in [4.78, 5) is 3.53. The molecule has 0 aliphatic rings. The molecule has 3 aromatic carbocycles. The summed E-state index contributed by atoms with van der Waals surface area (Å²) in [7, 11) is 0. The number of hydrogen-bond acceptors (Lipinski definition) is 0. The van der Waals surface area contributed by atoms with E-state index in [0.29, 0.717) is 0 Å². The lowest BCUT2D eigenvalue weighted by Gasteiger charge is -1.99. The minimum absolute atomic E-state index is 1.04. The van der Waals surface area contributed by atoms with E-state index in [2.05, 4.69) is 90.5 Å². The lowest BCUT2D eigenvalue weighted by atomic mass is 10.0. The maximum atomic E-state index is 3.53. The molecule has 0 amide bonds. The van der Waals surface area contributed by atoms with Crippen LogP contribution in [0.15, 0.2) is 78.9 Å². The fourth-order valence-electron chi connectivity index (χ4n) is 3.05. The van der Waals surface area contributed by atoms with Gasteiger partial charge < -0.3 is 4.98 Å². The minimum atomic E-state index is 1.04. The second-order valence-electron chi connectivity index (χ2n) is 6.09. The maximum Gasteiger partial charge on any atom is 0.0624 e. The third-order valence-corrected chi connectivity index (χ3v) is 4.46. The molecule has 1 aromatic heterocycles. The van der Waals surface area contributed by atoms with Crippen LogP contribution in [0.3, 0.4) is 0 Å². The largest absolute Gasteiger partial charge is 0.353 e. The van der Waals surface area contributed by atoms with Gasteiger partial charge in [-0.2, -0.15) is 0 Å². The fraction of sp³-hybridized carbons (Fsp3) is 0.0833. The number of nitrogens with one attached hydrogen (secondary N) is 1. The highest BCUT2D eigenvalue weighted by Crippen LogP contribution is 2.29. The van der Waals surface area contributed by atoms with Crippen molar-refractivity contribution in [3.63, 3.8) is 0 Å². The zero-order chi connectivity index (χ0) is 17.1. The molecule has 0 aliphatic carbocycles. The quantitative estimate of drug-likeness (QED) is 0.449. The number of H-pyrrole nitrogens is 1. The third-order valence-electron chi connectivity index (χ3n) is 4.46. The molecule has 0 saturated heterocycles. The lowest BCUT2D eigenvalue weighted by molar-refractivity contribution is 1.14. The number of benzene rings is 3. The zero-order valence-electron chi connectivity index (χ0n) is 14.2. The van der Waals surface area contributed by atoms with Crippen LogP contribution in [0.4, 0.5) is 0 Å². The molecule has 1 heteroatoms. The molecule has 0 bridgehead atoms. The van der Waals surface area contributed by atoms with Gasteiger partial charge in [-0.05, 0) is 35.7 Å². The van der Waals surface area contributed by atoms with Gasteiger partial charge in [0.25, 0.3) is 0 Å². The molecular formula is C24H19N. The number of rotatable bonds is 2. The van der Waals surface area contributed by atoms with E-state index in [9.17, 15) is 0 Å². The molecule has 120 valence electrons. The number of para-hydroxylation sites is 1. The van der Waals surface area contributed by atoms with Crippen molar-refractivity contribution in [2.24, 2.45) is 0 Å². The molecule has 1 N–H and O–H groups in total. The standard InChI is InChI=1S/C24H19N/c1-2-18-12-14-19(15-13-18)16-17-22-21-10-6-7-11-23(21)25-24(22)20-8-4-3-5-9-20/h3-15,25H,2H2,1H3. The van der Waals surface area contributed by atoms with Crippen molar-refractivity contribution in [1.82, 2.24) is 4.98 Å². The van der Waals surface area contributed by atoms with Crippen LogP contribution in [0.1, 0.15) is 23.6 Å². The lowest BCUT2D eigenvalue weighted by Crippen LogP contribution is -1.83. The molecule has 0 fully saturated rings. The van der Waals surface area contributed by atoms with E-state index in [1.807, 2.05) is 12.1 Å². The second-order valence-corrected chi connectivity index (χ2v) is 6.09. The summed E-state index contributed by atoms with van der Waals surface area (Å²) in [5, 5.41) is 1.17. The molecule has 1 nitrogen and oxygen atoms in total. The molecular weight excluding hydrogens is 302 g/mol. The van der Waals surface area contributed by atoms with Gasteiger partial charge in [0.05, 0.1) is 11.3 Å². The Morgan fingerprint density at radius 3 is 2.24 bits per heavy atom. The van der Waals surface area contributed by atoms with Crippen molar-refractivity contribution >= 4 is 10.9 Å². The van der Waals surface area contributed by atoms with Crippen LogP contribution < -0.4 is 0 Å². The van der Waals surface area contributed by atoms with Crippen LogP contribution in [0.25, 0.3) is 22.2 Å². The van der Waals surface area contributed by atoms with Crippen LogP contribution in [0.2, 0.25) is 0 Å². The number of hydrogen-bond donors (Lipinski definition) is 1. The van der Waals surface area contributed by atoms with Crippen LogP contribution in [-0.2, 0) is 6.42 Å². The Hall–Kier alpha value is -3.24. The molecule has 0 radical (unpaired) electrons. The summed E-state index contributed by atoms with van der Waals surface area (Å²) >= 11 is 0. The molecule has 0 atom stereocenters. The van der Waals surface area contributed by atoms with Gasteiger partial charge in [-0.3, -0.25) is 0 Å². The Labute approximate surface area is 148 Å². The smallest absolute Gasteiger partial charge is 0.0624 e. The van der Waals surface area contributed by atoms with E-state index < -0.39 is 0 Å². The first-order valence-electron chi connectivity index (χ1n) is 8.62. The molecule has 0 spiro atoms. The third kappa shape index (κ3) is 3.07. The Morgan fingerprint density at radius 2 is 1.48 bits per heavy atom. The summed E-state index contributed by atoms with van der Waals surface area (Å²) in [5.41, 5.74) is 6.79. The van der Waals surface area contributed by atoms with Crippen molar-refractivity contribution < 1.29 is 0 Å². The number of aromatic nitrogens is 1. The number of aryl methyl sites for hydroxylation is 1. The molecule has 0 unspecified atom stereocenters. The van der Waals surface area contributed by atoms with Crippen molar-refractivity contribution in [3.8, 4) is 23.1 Å². The van der Waals surface area contributed by atoms with Crippen molar-refractivity contribution in [2.45, 2.75) is 13.3 Å². The minimum Gasteiger partial charge on any atom is -0.353 e. The highest BCUT2D eigenvalue weighted by Gasteiger charge is 2.10. The molecule has 4 aromatic rings. The Balaban J connectivity index is 1.84. The Morgan fingerprint density at radius 1 is 0.760 bits per heavy atom. The van der Waals surface area contributed by atoms with E-state index in [1.165, 1.54) is 10.9 Å². The molecule has 0 aliphatic heterocycles. The fourth-order valence-corrected chi connectivity index (χ4v) is 3.05. The summed E-state index contributed by atoms with van der Waals surface area (Å²) in [5.74, 6) is 6.74. The van der Waals surface area contributed by atoms with Crippen molar-refractivity contribution in [3.05, 3.63) is 95.6 Å². The average molecular weight is 321 g/mol.